The molecule has 1 aliphatic carbocycles. The van der Waals surface area contributed by atoms with Crippen LogP contribution in [0.1, 0.15) is 40.0 Å². The Bertz CT molecular complexity index is 1030. The molecule has 0 bridgehead atoms. The quantitative estimate of drug-likeness (QED) is 0.745. The van der Waals surface area contributed by atoms with Crippen molar-refractivity contribution in [3.8, 4) is 0 Å². The van der Waals surface area contributed by atoms with Crippen LogP contribution in [-0.4, -0.2) is 22.3 Å². The van der Waals surface area contributed by atoms with Gasteiger partial charge in [0.05, 0.1) is 11.3 Å². The number of carbonyl (C=O) groups is 1. The summed E-state index contributed by atoms with van der Waals surface area (Å²) in [6.07, 6.45) is 3.23. The third kappa shape index (κ3) is 3.13. The van der Waals surface area contributed by atoms with Crippen molar-refractivity contribution in [1.82, 2.24) is 9.97 Å². The first kappa shape index (κ1) is 16.9. The van der Waals surface area contributed by atoms with E-state index in [-0.39, 0.29) is 5.78 Å². The van der Waals surface area contributed by atoms with E-state index in [0.29, 0.717) is 23.8 Å². The fourth-order valence-electron chi connectivity index (χ4n) is 4.07. The molecule has 1 N–H and O–H groups in total. The summed E-state index contributed by atoms with van der Waals surface area (Å²) in [6, 6.07) is 18.4. The molecule has 28 heavy (non-hydrogen) atoms. The van der Waals surface area contributed by atoms with Crippen LogP contribution < -0.4 is 10.2 Å². The number of benzene rings is 2. The maximum Gasteiger partial charge on any atom is 0.227 e. The van der Waals surface area contributed by atoms with Gasteiger partial charge in [0.15, 0.2) is 5.78 Å². The Labute approximate surface area is 164 Å². The lowest BCUT2D eigenvalue weighted by Crippen LogP contribution is -2.32. The summed E-state index contributed by atoms with van der Waals surface area (Å²) in [6.45, 7) is 1.68. The fourth-order valence-corrected chi connectivity index (χ4v) is 4.07. The van der Waals surface area contributed by atoms with Crippen LogP contribution in [0.3, 0.4) is 0 Å². The first-order chi connectivity index (χ1) is 13.8. The molecule has 5 heteroatoms. The van der Waals surface area contributed by atoms with Gasteiger partial charge in [0.25, 0.3) is 0 Å². The number of fused-ring (bicyclic) bond motifs is 2. The molecule has 0 atom stereocenters. The number of nitrogens with one attached hydrogen (secondary N) is 1. The molecule has 5 nitrogen and oxygen atoms in total. The minimum Gasteiger partial charge on any atom is -0.339 e. The highest BCUT2D eigenvalue weighted by Crippen LogP contribution is 2.31. The number of Topliss-reactive ketones (excluding diaryl/α,β-unsaturated/α-hetero) is 1. The SMILES string of the molecule is O=C1CCCc2nc(N3CCc4ccccc4C3)nc(Nc3ccccc3)c21. The van der Waals surface area contributed by atoms with Crippen molar-refractivity contribution in [1.29, 1.82) is 0 Å². The highest BCUT2D eigenvalue weighted by molar-refractivity contribution is 6.03. The topological polar surface area (TPSA) is 58.1 Å². The third-order valence-corrected chi connectivity index (χ3v) is 5.52. The van der Waals surface area contributed by atoms with Crippen LogP contribution in [-0.2, 0) is 19.4 Å². The summed E-state index contributed by atoms with van der Waals surface area (Å²) in [4.78, 5) is 24.5. The number of para-hydroxylation sites is 1. The Hall–Kier alpha value is -3.21. The summed E-state index contributed by atoms with van der Waals surface area (Å²) < 4.78 is 0. The number of hydrogen-bond donors (Lipinski definition) is 1. The molecule has 0 fully saturated rings. The van der Waals surface area contributed by atoms with Crippen molar-refractivity contribution < 1.29 is 4.79 Å². The van der Waals surface area contributed by atoms with Crippen molar-refractivity contribution in [3.05, 3.63) is 77.0 Å². The van der Waals surface area contributed by atoms with Gasteiger partial charge in [0.2, 0.25) is 5.95 Å². The largest absolute Gasteiger partial charge is 0.339 e. The van der Waals surface area contributed by atoms with Crippen LogP contribution in [0.5, 0.6) is 0 Å². The van der Waals surface area contributed by atoms with Crippen LogP contribution in [0, 0.1) is 0 Å². The van der Waals surface area contributed by atoms with E-state index in [2.05, 4.69) is 34.5 Å². The van der Waals surface area contributed by atoms with Gasteiger partial charge in [0, 0.05) is 25.2 Å². The van der Waals surface area contributed by atoms with Crippen LogP contribution in [0.2, 0.25) is 0 Å². The monoisotopic (exact) mass is 370 g/mol. The summed E-state index contributed by atoms with van der Waals surface area (Å²) in [5, 5.41) is 3.36. The van der Waals surface area contributed by atoms with Crippen LogP contribution in [0.4, 0.5) is 17.5 Å². The molecule has 0 unspecified atom stereocenters. The van der Waals surface area contributed by atoms with Gasteiger partial charge in [-0.25, -0.2) is 4.98 Å². The average Bonchev–Trinajstić information content (AvgIpc) is 2.74. The number of carbonyl (C=O) groups excluding carboxylic acids is 1. The lowest BCUT2D eigenvalue weighted by atomic mass is 9.95. The summed E-state index contributed by atoms with van der Waals surface area (Å²) in [5.41, 5.74) is 5.18. The lowest BCUT2D eigenvalue weighted by molar-refractivity contribution is 0.0972. The molecule has 0 radical (unpaired) electrons. The van der Waals surface area contributed by atoms with Gasteiger partial charge in [-0.1, -0.05) is 42.5 Å². The first-order valence-corrected chi connectivity index (χ1v) is 9.86. The highest BCUT2D eigenvalue weighted by Gasteiger charge is 2.27. The normalized spacial score (nSPS) is 15.7. The molecule has 1 aliphatic heterocycles. The highest BCUT2D eigenvalue weighted by atomic mass is 16.1. The van der Waals surface area contributed by atoms with E-state index in [9.17, 15) is 4.79 Å². The minimum atomic E-state index is 0.134. The number of anilines is 3. The maximum atomic E-state index is 12.6. The summed E-state index contributed by atoms with van der Waals surface area (Å²) >= 11 is 0. The zero-order valence-electron chi connectivity index (χ0n) is 15.7. The van der Waals surface area contributed by atoms with Crippen LogP contribution in [0.25, 0.3) is 0 Å². The van der Waals surface area contributed by atoms with Crippen molar-refractivity contribution in [2.24, 2.45) is 0 Å². The van der Waals surface area contributed by atoms with Crippen LogP contribution >= 0.6 is 0 Å². The van der Waals surface area contributed by atoms with Crippen molar-refractivity contribution >= 4 is 23.2 Å². The molecule has 2 aliphatic rings. The van der Waals surface area contributed by atoms with Gasteiger partial charge in [-0.05, 0) is 42.5 Å². The number of ketones is 1. The molecular weight excluding hydrogens is 348 g/mol. The fraction of sp³-hybridized carbons (Fsp3) is 0.261. The zero-order valence-corrected chi connectivity index (χ0v) is 15.7. The number of nitrogens with zero attached hydrogens (tertiary/aromatic N) is 3. The molecule has 5 rings (SSSR count). The minimum absolute atomic E-state index is 0.134. The zero-order chi connectivity index (χ0) is 18.9. The average molecular weight is 370 g/mol. The van der Waals surface area contributed by atoms with Gasteiger partial charge in [0.1, 0.15) is 5.82 Å². The Morgan fingerprint density at radius 2 is 1.64 bits per heavy atom. The Balaban J connectivity index is 1.54. The molecule has 0 amide bonds. The summed E-state index contributed by atoms with van der Waals surface area (Å²) in [5.74, 6) is 1.48. The van der Waals surface area contributed by atoms with E-state index in [1.165, 1.54) is 11.1 Å². The van der Waals surface area contributed by atoms with E-state index >= 15 is 0 Å². The van der Waals surface area contributed by atoms with Gasteiger partial charge in [-0.2, -0.15) is 4.98 Å². The van der Waals surface area contributed by atoms with E-state index in [1.54, 1.807) is 0 Å². The van der Waals surface area contributed by atoms with Gasteiger partial charge < -0.3 is 10.2 Å². The number of hydrogen-bond acceptors (Lipinski definition) is 5. The van der Waals surface area contributed by atoms with Crippen molar-refractivity contribution in [3.63, 3.8) is 0 Å². The maximum absolute atomic E-state index is 12.6. The molecule has 0 saturated heterocycles. The van der Waals surface area contributed by atoms with Gasteiger partial charge in [-0.15, -0.1) is 0 Å². The Kier molecular flexibility index (Phi) is 4.28. The smallest absolute Gasteiger partial charge is 0.227 e. The third-order valence-electron chi connectivity index (χ3n) is 5.52. The molecule has 3 aromatic rings. The van der Waals surface area contributed by atoms with Crippen LogP contribution in [0.15, 0.2) is 54.6 Å². The Morgan fingerprint density at radius 3 is 2.50 bits per heavy atom. The molecule has 0 spiro atoms. The molecule has 2 aromatic carbocycles. The standard InChI is InChI=1S/C23H22N4O/c28-20-12-6-11-19-21(20)22(24-18-9-2-1-3-10-18)26-23(25-19)27-14-13-16-7-4-5-8-17(16)15-27/h1-5,7-10H,6,11-15H2,(H,24,25,26). The molecule has 0 saturated carbocycles. The summed E-state index contributed by atoms with van der Waals surface area (Å²) in [7, 11) is 0. The number of rotatable bonds is 3. The van der Waals surface area contributed by atoms with E-state index in [0.717, 1.165) is 43.7 Å². The molecular formula is C23H22N4O. The molecule has 140 valence electrons. The van der Waals surface area contributed by atoms with E-state index in [4.69, 9.17) is 9.97 Å². The van der Waals surface area contributed by atoms with Crippen molar-refractivity contribution in [2.75, 3.05) is 16.8 Å². The second-order valence-electron chi connectivity index (χ2n) is 7.40. The van der Waals surface area contributed by atoms with E-state index < -0.39 is 0 Å². The number of aryl methyl sites for hydroxylation is 1. The molecule has 2 heterocycles. The van der Waals surface area contributed by atoms with Crippen molar-refractivity contribution in [2.45, 2.75) is 32.2 Å². The second-order valence-corrected chi connectivity index (χ2v) is 7.40. The number of aromatic nitrogens is 2. The first-order valence-electron chi connectivity index (χ1n) is 9.86. The lowest BCUT2D eigenvalue weighted by Gasteiger charge is -2.30. The van der Waals surface area contributed by atoms with Gasteiger partial charge in [-0.3, -0.25) is 4.79 Å². The Morgan fingerprint density at radius 1 is 0.857 bits per heavy atom. The predicted molar refractivity (Wildman–Crippen MR) is 110 cm³/mol. The van der Waals surface area contributed by atoms with Gasteiger partial charge >= 0.3 is 0 Å². The second kappa shape index (κ2) is 7.08. The predicted octanol–water partition coefficient (Wildman–Crippen LogP) is 4.30. The van der Waals surface area contributed by atoms with E-state index in [1.807, 2.05) is 30.3 Å². The molecule has 1 aromatic heterocycles.